The highest BCUT2D eigenvalue weighted by atomic mass is 32.2. The van der Waals surface area contributed by atoms with Gasteiger partial charge < -0.3 is 4.90 Å². The second-order valence-corrected chi connectivity index (χ2v) is 8.78. The molecule has 5 nitrogen and oxygen atoms in total. The summed E-state index contributed by atoms with van der Waals surface area (Å²) in [5, 5.41) is 0. The van der Waals surface area contributed by atoms with E-state index in [9.17, 15) is 13.2 Å². The van der Waals surface area contributed by atoms with E-state index in [-0.39, 0.29) is 10.8 Å². The van der Waals surface area contributed by atoms with Crippen molar-refractivity contribution in [2.45, 2.75) is 25.3 Å². The van der Waals surface area contributed by atoms with Crippen molar-refractivity contribution in [2.75, 3.05) is 20.6 Å². The van der Waals surface area contributed by atoms with Gasteiger partial charge in [-0.05, 0) is 42.7 Å². The lowest BCUT2D eigenvalue weighted by atomic mass is 10.0. The quantitative estimate of drug-likeness (QED) is 0.686. The van der Waals surface area contributed by atoms with Crippen molar-refractivity contribution in [3.05, 3.63) is 77.4 Å². The molecule has 0 N–H and O–H groups in total. The van der Waals surface area contributed by atoms with E-state index in [0.717, 1.165) is 15.4 Å². The Morgan fingerprint density at radius 2 is 1.74 bits per heavy atom. The minimum absolute atomic E-state index is 0.161. The van der Waals surface area contributed by atoms with E-state index < -0.39 is 10.0 Å². The van der Waals surface area contributed by atoms with E-state index in [0.29, 0.717) is 24.2 Å². The summed E-state index contributed by atoms with van der Waals surface area (Å²) in [4.78, 5) is 14.9. The predicted octanol–water partition coefficient (Wildman–Crippen LogP) is 3.38. The molecule has 0 aliphatic rings. The van der Waals surface area contributed by atoms with Gasteiger partial charge in [0, 0.05) is 32.7 Å². The van der Waals surface area contributed by atoms with E-state index in [4.69, 9.17) is 0 Å². The predicted molar refractivity (Wildman–Crippen MR) is 108 cm³/mol. The maximum Gasteiger partial charge on any atom is 0.254 e. The summed E-state index contributed by atoms with van der Waals surface area (Å²) < 4.78 is 26.5. The number of amides is 1. The Bertz CT molecular complexity index is 935. The summed E-state index contributed by atoms with van der Waals surface area (Å²) >= 11 is 0. The molecule has 0 fully saturated rings. The Balaban J connectivity index is 2.47. The Kier molecular flexibility index (Phi) is 6.57. The first-order chi connectivity index (χ1) is 12.7. The molecule has 6 heteroatoms. The van der Waals surface area contributed by atoms with Crippen LogP contribution in [0.15, 0.2) is 60.0 Å². The minimum atomic E-state index is -3.64. The van der Waals surface area contributed by atoms with Crippen molar-refractivity contribution < 1.29 is 13.2 Å². The van der Waals surface area contributed by atoms with Crippen LogP contribution in [0.5, 0.6) is 0 Å². The van der Waals surface area contributed by atoms with Crippen LogP contribution in [0.2, 0.25) is 0 Å². The van der Waals surface area contributed by atoms with Crippen molar-refractivity contribution >= 4 is 15.9 Å². The fraction of sp³-hybridized carbons (Fsp3) is 0.286. The zero-order chi connectivity index (χ0) is 20.2. The topological polar surface area (TPSA) is 57.7 Å². The van der Waals surface area contributed by atoms with Crippen LogP contribution in [0.1, 0.15) is 27.0 Å². The number of nitrogens with zero attached hydrogens (tertiary/aromatic N) is 2. The second-order valence-electron chi connectivity index (χ2n) is 6.66. The molecule has 2 aromatic carbocycles. The number of carbonyl (C=O) groups excluding carboxylic acids is 1. The highest BCUT2D eigenvalue weighted by Crippen LogP contribution is 2.24. The third-order valence-corrected chi connectivity index (χ3v) is 6.42. The van der Waals surface area contributed by atoms with Crippen LogP contribution in [0.3, 0.4) is 0 Å². The molecule has 0 saturated carbocycles. The lowest BCUT2D eigenvalue weighted by Gasteiger charge is -2.23. The fourth-order valence-electron chi connectivity index (χ4n) is 2.78. The molecule has 0 spiro atoms. The molecule has 0 radical (unpaired) electrons. The van der Waals surface area contributed by atoms with Gasteiger partial charge in [-0.2, -0.15) is 0 Å². The second kappa shape index (κ2) is 8.50. The minimum Gasteiger partial charge on any atom is -0.331 e. The molecule has 0 unspecified atom stereocenters. The number of hydrogen-bond donors (Lipinski definition) is 0. The average molecular weight is 387 g/mol. The van der Waals surface area contributed by atoms with Gasteiger partial charge >= 0.3 is 0 Å². The van der Waals surface area contributed by atoms with E-state index in [1.807, 2.05) is 37.3 Å². The summed E-state index contributed by atoms with van der Waals surface area (Å²) in [5.74, 6) is -0.225. The molecule has 0 aliphatic carbocycles. The Morgan fingerprint density at radius 1 is 1.11 bits per heavy atom. The summed E-state index contributed by atoms with van der Waals surface area (Å²) in [7, 11) is -0.672. The fourth-order valence-corrected chi connectivity index (χ4v) is 3.99. The number of rotatable bonds is 7. The Morgan fingerprint density at radius 3 is 2.30 bits per heavy atom. The van der Waals surface area contributed by atoms with Gasteiger partial charge in [0.1, 0.15) is 0 Å². The van der Waals surface area contributed by atoms with Crippen LogP contribution in [0.4, 0.5) is 0 Å². The van der Waals surface area contributed by atoms with Crippen LogP contribution in [-0.2, 0) is 16.6 Å². The van der Waals surface area contributed by atoms with Gasteiger partial charge in [0.05, 0.1) is 4.90 Å². The molecule has 1 amide bonds. The zero-order valence-electron chi connectivity index (χ0n) is 16.3. The van der Waals surface area contributed by atoms with Gasteiger partial charge in [-0.25, -0.2) is 12.7 Å². The van der Waals surface area contributed by atoms with E-state index >= 15 is 0 Å². The third-order valence-electron chi connectivity index (χ3n) is 4.48. The molecular weight excluding hydrogens is 360 g/mol. The largest absolute Gasteiger partial charge is 0.331 e. The first kappa shape index (κ1) is 20.9. The normalized spacial score (nSPS) is 11.4. The van der Waals surface area contributed by atoms with Crippen molar-refractivity contribution in [1.29, 1.82) is 0 Å². The first-order valence-electron chi connectivity index (χ1n) is 8.66. The average Bonchev–Trinajstić information content (AvgIpc) is 2.63. The molecular formula is C21H26N2O3S. The smallest absolute Gasteiger partial charge is 0.254 e. The molecule has 27 heavy (non-hydrogen) atoms. The summed E-state index contributed by atoms with van der Waals surface area (Å²) in [6.45, 7) is 8.10. The van der Waals surface area contributed by atoms with Crippen LogP contribution >= 0.6 is 0 Å². The van der Waals surface area contributed by atoms with Gasteiger partial charge in [0.2, 0.25) is 10.0 Å². The molecule has 0 atom stereocenters. The van der Waals surface area contributed by atoms with Gasteiger partial charge in [-0.15, -0.1) is 6.58 Å². The Labute approximate surface area is 162 Å². The number of carbonyl (C=O) groups is 1. The SMILES string of the molecule is C=CCN(Cc1ccccc1)C(=O)c1cc(C)c(C)c(S(=O)(=O)N(C)C)c1. The monoisotopic (exact) mass is 386 g/mol. The van der Waals surface area contributed by atoms with Crippen LogP contribution in [0.25, 0.3) is 0 Å². The maximum atomic E-state index is 13.1. The molecule has 2 aromatic rings. The third kappa shape index (κ3) is 4.64. The number of aryl methyl sites for hydroxylation is 1. The van der Waals surface area contributed by atoms with Crippen LogP contribution in [0, 0.1) is 13.8 Å². The van der Waals surface area contributed by atoms with Gasteiger partial charge in [0.15, 0.2) is 0 Å². The molecule has 0 aliphatic heterocycles. The summed E-state index contributed by atoms with van der Waals surface area (Å²) in [5.41, 5.74) is 2.77. The van der Waals surface area contributed by atoms with Gasteiger partial charge in [0.25, 0.3) is 5.91 Å². The van der Waals surface area contributed by atoms with Crippen LogP contribution in [-0.4, -0.2) is 44.2 Å². The lowest BCUT2D eigenvalue weighted by molar-refractivity contribution is 0.0762. The van der Waals surface area contributed by atoms with Crippen molar-refractivity contribution in [1.82, 2.24) is 9.21 Å². The highest BCUT2D eigenvalue weighted by Gasteiger charge is 2.24. The molecule has 0 aromatic heterocycles. The summed E-state index contributed by atoms with van der Waals surface area (Å²) in [6, 6.07) is 12.9. The maximum absolute atomic E-state index is 13.1. The summed E-state index contributed by atoms with van der Waals surface area (Å²) in [6.07, 6.45) is 1.67. The van der Waals surface area contributed by atoms with Crippen LogP contribution < -0.4 is 0 Å². The zero-order valence-corrected chi connectivity index (χ0v) is 17.1. The van der Waals surface area contributed by atoms with Crippen molar-refractivity contribution in [3.63, 3.8) is 0 Å². The molecule has 2 rings (SSSR count). The lowest BCUT2D eigenvalue weighted by Crippen LogP contribution is -2.31. The van der Waals surface area contributed by atoms with Crippen molar-refractivity contribution in [2.24, 2.45) is 0 Å². The van der Waals surface area contributed by atoms with Gasteiger partial charge in [-0.1, -0.05) is 36.4 Å². The molecule has 0 heterocycles. The molecule has 0 saturated heterocycles. The first-order valence-corrected chi connectivity index (χ1v) is 10.1. The number of sulfonamides is 1. The van der Waals surface area contributed by atoms with E-state index in [1.54, 1.807) is 24.0 Å². The molecule has 144 valence electrons. The van der Waals surface area contributed by atoms with E-state index in [1.165, 1.54) is 20.2 Å². The number of hydrogen-bond acceptors (Lipinski definition) is 3. The Hall–Kier alpha value is -2.44. The highest BCUT2D eigenvalue weighted by molar-refractivity contribution is 7.89. The molecule has 0 bridgehead atoms. The standard InChI is InChI=1S/C21H26N2O3S/c1-6-12-23(15-18-10-8-7-9-11-18)21(24)19-13-16(2)17(3)20(14-19)27(25,26)22(4)5/h6-11,13-14H,1,12,15H2,2-5H3. The van der Waals surface area contributed by atoms with Crippen molar-refractivity contribution in [3.8, 4) is 0 Å². The van der Waals surface area contributed by atoms with Gasteiger partial charge in [-0.3, -0.25) is 4.79 Å². The van der Waals surface area contributed by atoms with E-state index in [2.05, 4.69) is 6.58 Å². The number of benzene rings is 2.